The summed E-state index contributed by atoms with van der Waals surface area (Å²) < 4.78 is 0. The van der Waals surface area contributed by atoms with Crippen LogP contribution in [0.25, 0.3) is 11.3 Å². The zero-order valence-corrected chi connectivity index (χ0v) is 11.7. The summed E-state index contributed by atoms with van der Waals surface area (Å²) in [7, 11) is 0. The molecule has 0 aliphatic heterocycles. The van der Waals surface area contributed by atoms with Crippen molar-refractivity contribution in [1.29, 1.82) is 0 Å². The highest BCUT2D eigenvalue weighted by Crippen LogP contribution is 2.22. The Bertz CT molecular complexity index is 609. The van der Waals surface area contributed by atoms with E-state index in [9.17, 15) is 9.90 Å². The van der Waals surface area contributed by atoms with Gasteiger partial charge in [-0.05, 0) is 12.8 Å². The molecule has 0 radical (unpaired) electrons. The summed E-state index contributed by atoms with van der Waals surface area (Å²) in [4.78, 5) is 12.4. The highest BCUT2D eigenvalue weighted by molar-refractivity contribution is 5.99. The first-order valence-electron chi connectivity index (χ1n) is 7.33. The van der Waals surface area contributed by atoms with Gasteiger partial charge in [-0.2, -0.15) is 5.10 Å². The average molecular weight is 285 g/mol. The number of amides is 1. The largest absolute Gasteiger partial charge is 0.391 e. The first kappa shape index (κ1) is 13.8. The van der Waals surface area contributed by atoms with Crippen LogP contribution in [0.15, 0.2) is 36.5 Å². The summed E-state index contributed by atoms with van der Waals surface area (Å²) in [6.45, 7) is 0. The van der Waals surface area contributed by atoms with Crippen LogP contribution < -0.4 is 5.32 Å². The number of carbonyl (C=O) groups is 1. The molecule has 2 unspecified atom stereocenters. The summed E-state index contributed by atoms with van der Waals surface area (Å²) in [5, 5.41) is 19.8. The van der Waals surface area contributed by atoms with Gasteiger partial charge in [0.1, 0.15) is 0 Å². The zero-order chi connectivity index (χ0) is 14.7. The third-order valence-electron chi connectivity index (χ3n) is 3.99. The number of aliphatic hydroxyl groups is 1. The van der Waals surface area contributed by atoms with Crippen LogP contribution in [0.2, 0.25) is 0 Å². The Kier molecular flexibility index (Phi) is 4.01. The number of nitrogens with zero attached hydrogens (tertiary/aromatic N) is 1. The van der Waals surface area contributed by atoms with Gasteiger partial charge in [-0.1, -0.05) is 43.2 Å². The predicted octanol–water partition coefficient (Wildman–Crippen LogP) is 2.11. The monoisotopic (exact) mass is 285 g/mol. The van der Waals surface area contributed by atoms with Gasteiger partial charge < -0.3 is 10.4 Å². The van der Waals surface area contributed by atoms with Gasteiger partial charge in [-0.15, -0.1) is 0 Å². The van der Waals surface area contributed by atoms with Gasteiger partial charge in [0, 0.05) is 5.56 Å². The number of H-pyrrole nitrogens is 1. The van der Waals surface area contributed by atoms with E-state index >= 15 is 0 Å². The highest BCUT2D eigenvalue weighted by Gasteiger charge is 2.26. The van der Waals surface area contributed by atoms with Crippen LogP contribution in [-0.2, 0) is 0 Å². The molecular formula is C16H19N3O2. The van der Waals surface area contributed by atoms with Gasteiger partial charge in [0.15, 0.2) is 0 Å². The number of aliphatic hydroxyl groups excluding tert-OH is 1. The smallest absolute Gasteiger partial charge is 0.255 e. The number of hydrogen-bond acceptors (Lipinski definition) is 3. The van der Waals surface area contributed by atoms with Crippen LogP contribution in [0.1, 0.15) is 36.0 Å². The van der Waals surface area contributed by atoms with Crippen molar-refractivity contribution in [1.82, 2.24) is 15.5 Å². The maximum atomic E-state index is 12.4. The Morgan fingerprint density at radius 3 is 2.76 bits per heavy atom. The minimum atomic E-state index is -0.449. The summed E-state index contributed by atoms with van der Waals surface area (Å²) in [6.07, 6.45) is 4.72. The molecule has 0 spiro atoms. The van der Waals surface area contributed by atoms with Gasteiger partial charge in [-0.25, -0.2) is 0 Å². The molecule has 1 aliphatic carbocycles. The first-order chi connectivity index (χ1) is 10.3. The second kappa shape index (κ2) is 6.10. The van der Waals surface area contributed by atoms with E-state index in [1.54, 1.807) is 0 Å². The molecule has 110 valence electrons. The van der Waals surface area contributed by atoms with E-state index in [0.29, 0.717) is 11.3 Å². The van der Waals surface area contributed by atoms with Gasteiger partial charge in [0.05, 0.1) is 29.6 Å². The van der Waals surface area contributed by atoms with Crippen molar-refractivity contribution in [3.8, 4) is 11.3 Å². The molecule has 2 atom stereocenters. The maximum Gasteiger partial charge on any atom is 0.255 e. The minimum absolute atomic E-state index is 0.162. The van der Waals surface area contributed by atoms with E-state index in [1.165, 1.54) is 6.20 Å². The topological polar surface area (TPSA) is 78.0 Å². The summed E-state index contributed by atoms with van der Waals surface area (Å²) in [5.74, 6) is -0.187. The van der Waals surface area contributed by atoms with Crippen molar-refractivity contribution in [2.45, 2.75) is 37.8 Å². The van der Waals surface area contributed by atoms with Gasteiger partial charge in [-0.3, -0.25) is 9.89 Å². The average Bonchev–Trinajstić information content (AvgIpc) is 3.00. The lowest BCUT2D eigenvalue weighted by Gasteiger charge is -2.28. The van der Waals surface area contributed by atoms with Crippen molar-refractivity contribution in [2.75, 3.05) is 0 Å². The minimum Gasteiger partial charge on any atom is -0.391 e. The van der Waals surface area contributed by atoms with Crippen molar-refractivity contribution < 1.29 is 9.90 Å². The number of nitrogens with one attached hydrogen (secondary N) is 2. The van der Waals surface area contributed by atoms with Crippen LogP contribution in [0, 0.1) is 0 Å². The molecule has 3 N–H and O–H groups in total. The Morgan fingerprint density at radius 1 is 1.24 bits per heavy atom. The predicted molar refractivity (Wildman–Crippen MR) is 79.8 cm³/mol. The Morgan fingerprint density at radius 2 is 2.00 bits per heavy atom. The molecule has 0 saturated heterocycles. The molecule has 1 aromatic carbocycles. The first-order valence-corrected chi connectivity index (χ1v) is 7.33. The number of aromatic nitrogens is 2. The van der Waals surface area contributed by atoms with Crippen LogP contribution in [0.3, 0.4) is 0 Å². The lowest BCUT2D eigenvalue weighted by molar-refractivity contribution is 0.0718. The second-order valence-electron chi connectivity index (χ2n) is 5.46. The maximum absolute atomic E-state index is 12.4. The van der Waals surface area contributed by atoms with E-state index in [2.05, 4.69) is 15.5 Å². The molecule has 1 aromatic heterocycles. The zero-order valence-electron chi connectivity index (χ0n) is 11.7. The molecular weight excluding hydrogens is 266 g/mol. The van der Waals surface area contributed by atoms with Crippen LogP contribution in [0.5, 0.6) is 0 Å². The number of hydrogen-bond donors (Lipinski definition) is 3. The molecule has 5 nitrogen and oxygen atoms in total. The SMILES string of the molecule is O=C(NC1CCCCC1O)c1cn[nH]c1-c1ccccc1. The Labute approximate surface area is 123 Å². The fourth-order valence-electron chi connectivity index (χ4n) is 2.81. The molecule has 0 bridgehead atoms. The number of aromatic amines is 1. The van der Waals surface area contributed by atoms with Gasteiger partial charge in [0.25, 0.3) is 5.91 Å². The summed E-state index contributed by atoms with van der Waals surface area (Å²) >= 11 is 0. The number of rotatable bonds is 3. The van der Waals surface area contributed by atoms with Crippen molar-refractivity contribution in [3.63, 3.8) is 0 Å². The summed E-state index contributed by atoms with van der Waals surface area (Å²) in [6, 6.07) is 9.47. The molecule has 1 heterocycles. The Balaban J connectivity index is 1.78. The van der Waals surface area contributed by atoms with Crippen LogP contribution >= 0.6 is 0 Å². The van der Waals surface area contributed by atoms with Crippen molar-refractivity contribution >= 4 is 5.91 Å². The van der Waals surface area contributed by atoms with Gasteiger partial charge in [0.2, 0.25) is 0 Å². The van der Waals surface area contributed by atoms with Crippen molar-refractivity contribution in [3.05, 3.63) is 42.1 Å². The van der Waals surface area contributed by atoms with E-state index in [0.717, 1.165) is 31.2 Å². The molecule has 1 amide bonds. The fourth-order valence-corrected chi connectivity index (χ4v) is 2.81. The summed E-state index contributed by atoms with van der Waals surface area (Å²) in [5.41, 5.74) is 2.14. The molecule has 1 saturated carbocycles. The normalized spacial score (nSPS) is 22.0. The van der Waals surface area contributed by atoms with E-state index < -0.39 is 6.10 Å². The quantitative estimate of drug-likeness (QED) is 0.808. The molecule has 1 aliphatic rings. The van der Waals surface area contributed by atoms with E-state index in [4.69, 9.17) is 0 Å². The number of carbonyl (C=O) groups excluding carboxylic acids is 1. The molecule has 3 rings (SSSR count). The molecule has 21 heavy (non-hydrogen) atoms. The third-order valence-corrected chi connectivity index (χ3v) is 3.99. The van der Waals surface area contributed by atoms with Gasteiger partial charge >= 0.3 is 0 Å². The van der Waals surface area contributed by atoms with Crippen LogP contribution in [-0.4, -0.2) is 33.4 Å². The van der Waals surface area contributed by atoms with Crippen molar-refractivity contribution in [2.24, 2.45) is 0 Å². The van der Waals surface area contributed by atoms with Crippen LogP contribution in [0.4, 0.5) is 0 Å². The lowest BCUT2D eigenvalue weighted by Crippen LogP contribution is -2.45. The second-order valence-corrected chi connectivity index (χ2v) is 5.46. The molecule has 5 heteroatoms. The highest BCUT2D eigenvalue weighted by atomic mass is 16.3. The standard InChI is InChI=1S/C16H19N3O2/c20-14-9-5-4-8-13(14)18-16(21)12-10-17-19-15(12)11-6-2-1-3-7-11/h1-3,6-7,10,13-14,20H,4-5,8-9H2,(H,17,19)(H,18,21). The fraction of sp³-hybridized carbons (Fsp3) is 0.375. The van der Waals surface area contributed by atoms with E-state index in [-0.39, 0.29) is 11.9 Å². The third kappa shape index (κ3) is 2.97. The Hall–Kier alpha value is -2.14. The molecule has 1 fully saturated rings. The lowest BCUT2D eigenvalue weighted by atomic mass is 9.92. The van der Waals surface area contributed by atoms with E-state index in [1.807, 2.05) is 30.3 Å². The molecule has 2 aromatic rings. The number of benzene rings is 1.